The summed E-state index contributed by atoms with van der Waals surface area (Å²) in [5, 5.41) is 6.37. The summed E-state index contributed by atoms with van der Waals surface area (Å²) in [5.74, 6) is 2.14. The standard InChI is InChI=1S/C17H16ClN3/c1-10-7-17(19-15-6-5-12(18)9-14(10)15)21-20-16-8-11-3-2-4-13(11)16/h2-3,5-7,9,11,13H,4,8H2,1H3,(H,19,21)/b20-16+/t11-,13+/m1/s1. The van der Waals surface area contributed by atoms with Crippen LogP contribution in [0.1, 0.15) is 18.4 Å². The van der Waals surface area contributed by atoms with Gasteiger partial charge in [0.25, 0.3) is 0 Å². The molecule has 1 N–H and O–H groups in total. The summed E-state index contributed by atoms with van der Waals surface area (Å²) in [6.45, 7) is 2.07. The number of pyridine rings is 1. The van der Waals surface area contributed by atoms with E-state index >= 15 is 0 Å². The van der Waals surface area contributed by atoms with Gasteiger partial charge in [-0.2, -0.15) is 5.10 Å². The molecule has 2 atom stereocenters. The first-order valence-electron chi connectivity index (χ1n) is 7.27. The highest BCUT2D eigenvalue weighted by atomic mass is 35.5. The lowest BCUT2D eigenvalue weighted by molar-refractivity contribution is 0.466. The Balaban J connectivity index is 1.60. The Morgan fingerprint density at radius 1 is 1.33 bits per heavy atom. The van der Waals surface area contributed by atoms with Crippen LogP contribution in [0.4, 0.5) is 5.82 Å². The number of rotatable bonds is 2. The molecule has 1 saturated carbocycles. The van der Waals surface area contributed by atoms with Gasteiger partial charge in [-0.3, -0.25) is 5.43 Å². The molecule has 2 aliphatic rings. The fraction of sp³-hybridized carbons (Fsp3) is 0.294. The van der Waals surface area contributed by atoms with Gasteiger partial charge in [-0.1, -0.05) is 23.8 Å². The van der Waals surface area contributed by atoms with Crippen molar-refractivity contribution in [2.75, 3.05) is 5.43 Å². The molecule has 4 heteroatoms. The van der Waals surface area contributed by atoms with Crippen molar-refractivity contribution >= 4 is 34.0 Å². The smallest absolute Gasteiger partial charge is 0.147 e. The molecule has 2 aromatic rings. The number of nitrogens with one attached hydrogen (secondary N) is 1. The molecule has 1 aromatic heterocycles. The summed E-state index contributed by atoms with van der Waals surface area (Å²) in [6, 6.07) is 7.79. The SMILES string of the molecule is Cc1cc(N/N=C2\C[C@H]3C=CC[C@H]23)nc2ccc(Cl)cc12. The second kappa shape index (κ2) is 4.85. The van der Waals surface area contributed by atoms with Crippen LogP contribution in [0.2, 0.25) is 5.02 Å². The number of hydrogen-bond acceptors (Lipinski definition) is 3. The summed E-state index contributed by atoms with van der Waals surface area (Å²) < 4.78 is 0. The quantitative estimate of drug-likeness (QED) is 0.651. The minimum atomic E-state index is 0.623. The van der Waals surface area contributed by atoms with Crippen LogP contribution >= 0.6 is 11.6 Å². The summed E-state index contributed by atoms with van der Waals surface area (Å²) in [6.07, 6.45) is 6.79. The van der Waals surface area contributed by atoms with Gasteiger partial charge in [0.2, 0.25) is 0 Å². The van der Waals surface area contributed by atoms with E-state index in [1.54, 1.807) is 0 Å². The Bertz CT molecular complexity index is 779. The highest BCUT2D eigenvalue weighted by Gasteiger charge is 2.37. The number of hydrazone groups is 1. The fourth-order valence-corrected chi connectivity index (χ4v) is 3.39. The van der Waals surface area contributed by atoms with Gasteiger partial charge in [-0.15, -0.1) is 0 Å². The van der Waals surface area contributed by atoms with Crippen molar-refractivity contribution in [1.82, 2.24) is 4.98 Å². The summed E-state index contributed by atoms with van der Waals surface area (Å²) >= 11 is 6.04. The summed E-state index contributed by atoms with van der Waals surface area (Å²) in [7, 11) is 0. The van der Waals surface area contributed by atoms with Gasteiger partial charge in [-0.25, -0.2) is 4.98 Å². The Morgan fingerprint density at radius 2 is 2.24 bits per heavy atom. The Kier molecular flexibility index (Phi) is 2.96. The Morgan fingerprint density at radius 3 is 3.10 bits per heavy atom. The number of halogens is 1. The van der Waals surface area contributed by atoms with Gasteiger partial charge in [0.15, 0.2) is 0 Å². The molecule has 4 rings (SSSR count). The maximum absolute atomic E-state index is 6.04. The second-order valence-corrected chi connectivity index (χ2v) is 6.28. The molecule has 3 nitrogen and oxygen atoms in total. The molecular weight excluding hydrogens is 282 g/mol. The summed E-state index contributed by atoms with van der Waals surface area (Å²) in [5.41, 5.74) is 6.48. The van der Waals surface area contributed by atoms with Crippen LogP contribution < -0.4 is 5.43 Å². The summed E-state index contributed by atoms with van der Waals surface area (Å²) in [4.78, 5) is 4.60. The number of allylic oxidation sites excluding steroid dienone is 2. The molecule has 21 heavy (non-hydrogen) atoms. The predicted octanol–water partition coefficient (Wildman–Crippen LogP) is 4.56. The van der Waals surface area contributed by atoms with Crippen molar-refractivity contribution in [3.05, 3.63) is 47.0 Å². The van der Waals surface area contributed by atoms with E-state index < -0.39 is 0 Å². The lowest BCUT2D eigenvalue weighted by Gasteiger charge is -2.31. The van der Waals surface area contributed by atoms with Crippen molar-refractivity contribution in [2.45, 2.75) is 19.8 Å². The lowest BCUT2D eigenvalue weighted by atomic mass is 9.74. The zero-order valence-electron chi connectivity index (χ0n) is 11.8. The minimum absolute atomic E-state index is 0.623. The topological polar surface area (TPSA) is 37.3 Å². The number of hydrogen-bond donors (Lipinski definition) is 1. The molecule has 0 bridgehead atoms. The van der Waals surface area contributed by atoms with Gasteiger partial charge in [0, 0.05) is 22.0 Å². The Hall–Kier alpha value is -1.87. The molecule has 1 fully saturated rings. The minimum Gasteiger partial charge on any atom is -0.261 e. The van der Waals surface area contributed by atoms with E-state index in [4.69, 9.17) is 11.6 Å². The second-order valence-electron chi connectivity index (χ2n) is 5.84. The van der Waals surface area contributed by atoms with E-state index in [-0.39, 0.29) is 0 Å². The third-order valence-corrected chi connectivity index (χ3v) is 4.69. The first kappa shape index (κ1) is 12.8. The molecule has 0 amide bonds. The first-order valence-corrected chi connectivity index (χ1v) is 7.64. The average Bonchev–Trinajstić information content (AvgIpc) is 2.81. The largest absolute Gasteiger partial charge is 0.261 e. The van der Waals surface area contributed by atoms with Crippen LogP contribution in [0.5, 0.6) is 0 Å². The molecule has 106 valence electrons. The van der Waals surface area contributed by atoms with Crippen LogP contribution in [0.15, 0.2) is 41.5 Å². The van der Waals surface area contributed by atoms with E-state index in [0.717, 1.165) is 46.1 Å². The van der Waals surface area contributed by atoms with Crippen molar-refractivity contribution in [1.29, 1.82) is 0 Å². The molecule has 0 radical (unpaired) electrons. The monoisotopic (exact) mass is 297 g/mol. The third-order valence-electron chi connectivity index (χ3n) is 4.45. The van der Waals surface area contributed by atoms with Crippen molar-refractivity contribution in [2.24, 2.45) is 16.9 Å². The zero-order valence-corrected chi connectivity index (χ0v) is 12.6. The molecular formula is C17H16ClN3. The van der Waals surface area contributed by atoms with Crippen molar-refractivity contribution in [3.63, 3.8) is 0 Å². The molecule has 0 unspecified atom stereocenters. The van der Waals surface area contributed by atoms with Crippen LogP contribution in [-0.2, 0) is 0 Å². The molecule has 0 aliphatic heterocycles. The van der Waals surface area contributed by atoms with E-state index in [1.165, 1.54) is 5.71 Å². The van der Waals surface area contributed by atoms with E-state index in [9.17, 15) is 0 Å². The third kappa shape index (κ3) is 2.22. The van der Waals surface area contributed by atoms with Gasteiger partial charge >= 0.3 is 0 Å². The van der Waals surface area contributed by atoms with E-state index in [1.807, 2.05) is 24.3 Å². The van der Waals surface area contributed by atoms with Gasteiger partial charge in [-0.05, 0) is 55.5 Å². The molecule has 2 aliphatic carbocycles. The van der Waals surface area contributed by atoms with Crippen LogP contribution in [-0.4, -0.2) is 10.7 Å². The van der Waals surface area contributed by atoms with Gasteiger partial charge in [0.05, 0.1) is 5.52 Å². The number of aromatic nitrogens is 1. The molecule has 1 heterocycles. The number of nitrogens with zero attached hydrogens (tertiary/aromatic N) is 2. The maximum Gasteiger partial charge on any atom is 0.147 e. The van der Waals surface area contributed by atoms with Crippen molar-refractivity contribution in [3.8, 4) is 0 Å². The van der Waals surface area contributed by atoms with Crippen molar-refractivity contribution < 1.29 is 0 Å². The normalized spacial score (nSPS) is 25.1. The van der Waals surface area contributed by atoms with E-state index in [0.29, 0.717) is 5.92 Å². The first-order chi connectivity index (χ1) is 10.2. The van der Waals surface area contributed by atoms with Crippen LogP contribution in [0.25, 0.3) is 10.9 Å². The highest BCUT2D eigenvalue weighted by Crippen LogP contribution is 2.40. The molecule has 0 spiro atoms. The van der Waals surface area contributed by atoms with Crippen LogP contribution in [0.3, 0.4) is 0 Å². The fourth-order valence-electron chi connectivity index (χ4n) is 3.22. The number of aryl methyl sites for hydroxylation is 1. The van der Waals surface area contributed by atoms with Gasteiger partial charge < -0.3 is 0 Å². The Labute approximate surface area is 128 Å². The highest BCUT2D eigenvalue weighted by molar-refractivity contribution is 6.31. The van der Waals surface area contributed by atoms with Crippen LogP contribution in [0, 0.1) is 18.8 Å². The predicted molar refractivity (Wildman–Crippen MR) is 87.9 cm³/mol. The average molecular weight is 298 g/mol. The lowest BCUT2D eigenvalue weighted by Crippen LogP contribution is -2.33. The van der Waals surface area contributed by atoms with E-state index in [2.05, 4.69) is 34.6 Å². The maximum atomic E-state index is 6.04. The number of anilines is 1. The number of fused-ring (bicyclic) bond motifs is 2. The molecule has 1 aromatic carbocycles. The number of benzene rings is 1. The van der Waals surface area contributed by atoms with Gasteiger partial charge in [0.1, 0.15) is 5.82 Å². The molecule has 0 saturated heterocycles. The zero-order chi connectivity index (χ0) is 14.4.